The third-order valence-electron chi connectivity index (χ3n) is 4.20. The molecule has 1 unspecified atom stereocenters. The molecule has 1 aliphatic rings. The smallest absolute Gasteiger partial charge is 0.281 e. The van der Waals surface area contributed by atoms with Crippen LogP contribution in [0.1, 0.15) is 18.4 Å². The molecule has 1 aliphatic heterocycles. The van der Waals surface area contributed by atoms with Crippen LogP contribution >= 0.6 is 0 Å². The fourth-order valence-corrected chi connectivity index (χ4v) is 3.98. The van der Waals surface area contributed by atoms with Crippen molar-refractivity contribution in [1.29, 1.82) is 0 Å². The van der Waals surface area contributed by atoms with E-state index in [1.165, 1.54) is 22.7 Å². The minimum atomic E-state index is -3.47. The molecule has 140 valence electrons. The van der Waals surface area contributed by atoms with Crippen molar-refractivity contribution in [1.82, 2.24) is 13.9 Å². The largest absolute Gasteiger partial charge is 0.492 e. The molecule has 1 fully saturated rings. The third kappa shape index (κ3) is 5.42. The predicted molar refractivity (Wildman–Crippen MR) is 96.6 cm³/mol. The second-order valence-corrected chi connectivity index (χ2v) is 8.59. The summed E-state index contributed by atoms with van der Waals surface area (Å²) in [7, 11) is -0.466. The van der Waals surface area contributed by atoms with E-state index in [0.29, 0.717) is 32.5 Å². The molecular formula is C17H27N3O4S. The highest BCUT2D eigenvalue weighted by atomic mass is 32.2. The van der Waals surface area contributed by atoms with Gasteiger partial charge in [0.15, 0.2) is 0 Å². The van der Waals surface area contributed by atoms with Crippen molar-refractivity contribution < 1.29 is 17.9 Å². The van der Waals surface area contributed by atoms with Crippen LogP contribution in [0.2, 0.25) is 0 Å². The minimum Gasteiger partial charge on any atom is -0.492 e. The van der Waals surface area contributed by atoms with Crippen LogP contribution in [-0.4, -0.2) is 63.3 Å². The Morgan fingerprint density at radius 2 is 2.16 bits per heavy atom. The molecule has 0 saturated carbocycles. The summed E-state index contributed by atoms with van der Waals surface area (Å²) >= 11 is 0. The molecule has 0 spiro atoms. The molecule has 2 rings (SSSR count). The Bertz CT molecular complexity index is 691. The molecule has 1 amide bonds. The van der Waals surface area contributed by atoms with Crippen LogP contribution in [-0.2, 0) is 15.0 Å². The van der Waals surface area contributed by atoms with Crippen LogP contribution in [0.3, 0.4) is 0 Å². The zero-order chi connectivity index (χ0) is 18.4. The summed E-state index contributed by atoms with van der Waals surface area (Å²) in [5.41, 5.74) is 1.12. The van der Waals surface area contributed by atoms with E-state index in [9.17, 15) is 13.2 Å². The number of rotatable bonds is 7. The van der Waals surface area contributed by atoms with Gasteiger partial charge < -0.3 is 10.1 Å². The summed E-state index contributed by atoms with van der Waals surface area (Å²) in [4.78, 5) is 12.3. The van der Waals surface area contributed by atoms with Crippen molar-refractivity contribution >= 4 is 16.1 Å². The average Bonchev–Trinajstić information content (AvgIpc) is 2.58. The van der Waals surface area contributed by atoms with Crippen molar-refractivity contribution in [2.45, 2.75) is 19.8 Å². The molecule has 1 atom stereocenters. The van der Waals surface area contributed by atoms with E-state index in [0.717, 1.165) is 11.3 Å². The van der Waals surface area contributed by atoms with Gasteiger partial charge in [0, 0.05) is 27.2 Å². The summed E-state index contributed by atoms with van der Waals surface area (Å²) in [6.07, 6.45) is 1.38. The van der Waals surface area contributed by atoms with Gasteiger partial charge in [0.25, 0.3) is 10.2 Å². The fourth-order valence-electron chi connectivity index (χ4n) is 2.79. The maximum atomic E-state index is 12.3. The molecule has 7 nitrogen and oxygen atoms in total. The zero-order valence-electron chi connectivity index (χ0n) is 15.1. The SMILES string of the molecule is Cc1cccc(OCCNC(=O)C2CCCN(S(=O)(=O)N(C)C)C2)c1. The summed E-state index contributed by atoms with van der Waals surface area (Å²) < 4.78 is 32.6. The van der Waals surface area contributed by atoms with Crippen molar-refractivity contribution in [3.63, 3.8) is 0 Å². The summed E-state index contributed by atoms with van der Waals surface area (Å²) in [6.45, 7) is 3.45. The Balaban J connectivity index is 1.78. The third-order valence-corrected chi connectivity index (χ3v) is 6.11. The highest BCUT2D eigenvalue weighted by molar-refractivity contribution is 7.86. The molecule has 25 heavy (non-hydrogen) atoms. The average molecular weight is 369 g/mol. The lowest BCUT2D eigenvalue weighted by Gasteiger charge is -2.32. The molecule has 8 heteroatoms. The van der Waals surface area contributed by atoms with Crippen LogP contribution in [0.25, 0.3) is 0 Å². The molecule has 0 bridgehead atoms. The van der Waals surface area contributed by atoms with Crippen molar-refractivity contribution in [2.24, 2.45) is 5.92 Å². The normalized spacial score (nSPS) is 19.0. The van der Waals surface area contributed by atoms with E-state index in [1.54, 1.807) is 0 Å². The molecule has 1 heterocycles. The zero-order valence-corrected chi connectivity index (χ0v) is 15.9. The molecular weight excluding hydrogens is 342 g/mol. The molecule has 1 N–H and O–H groups in total. The topological polar surface area (TPSA) is 79.0 Å². The highest BCUT2D eigenvalue weighted by Crippen LogP contribution is 2.20. The maximum absolute atomic E-state index is 12.3. The quantitative estimate of drug-likeness (QED) is 0.728. The van der Waals surface area contributed by atoms with E-state index < -0.39 is 10.2 Å². The van der Waals surface area contributed by atoms with Gasteiger partial charge in [-0.05, 0) is 37.5 Å². The van der Waals surface area contributed by atoms with Gasteiger partial charge in [0.2, 0.25) is 5.91 Å². The number of carbonyl (C=O) groups excluding carboxylic acids is 1. The lowest BCUT2D eigenvalue weighted by atomic mass is 9.99. The van der Waals surface area contributed by atoms with Gasteiger partial charge in [-0.2, -0.15) is 17.0 Å². The number of carbonyl (C=O) groups is 1. The number of piperidine rings is 1. The van der Waals surface area contributed by atoms with Crippen LogP contribution < -0.4 is 10.1 Å². The molecule has 1 aromatic rings. The van der Waals surface area contributed by atoms with Gasteiger partial charge in [0.05, 0.1) is 12.5 Å². The minimum absolute atomic E-state index is 0.119. The van der Waals surface area contributed by atoms with Crippen molar-refractivity contribution in [3.8, 4) is 5.75 Å². The monoisotopic (exact) mass is 369 g/mol. The Morgan fingerprint density at radius 1 is 1.40 bits per heavy atom. The van der Waals surface area contributed by atoms with E-state index in [4.69, 9.17) is 4.74 Å². The van der Waals surface area contributed by atoms with E-state index in [2.05, 4.69) is 5.32 Å². The van der Waals surface area contributed by atoms with Crippen LogP contribution in [0.5, 0.6) is 5.75 Å². The number of benzene rings is 1. The molecule has 1 aromatic carbocycles. The Labute approximate surface area is 150 Å². The van der Waals surface area contributed by atoms with Crippen LogP contribution in [0.15, 0.2) is 24.3 Å². The number of ether oxygens (including phenoxy) is 1. The van der Waals surface area contributed by atoms with Gasteiger partial charge in [-0.25, -0.2) is 0 Å². The number of hydrogen-bond acceptors (Lipinski definition) is 4. The maximum Gasteiger partial charge on any atom is 0.281 e. The van der Waals surface area contributed by atoms with Gasteiger partial charge >= 0.3 is 0 Å². The lowest BCUT2D eigenvalue weighted by molar-refractivity contribution is -0.126. The molecule has 0 radical (unpaired) electrons. The van der Waals surface area contributed by atoms with Gasteiger partial charge in [-0.1, -0.05) is 12.1 Å². The van der Waals surface area contributed by atoms with Crippen molar-refractivity contribution in [2.75, 3.05) is 40.3 Å². The molecule has 1 saturated heterocycles. The van der Waals surface area contributed by atoms with E-state index in [1.807, 2.05) is 31.2 Å². The number of aryl methyl sites for hydroxylation is 1. The van der Waals surface area contributed by atoms with Gasteiger partial charge in [-0.15, -0.1) is 0 Å². The first-order chi connectivity index (χ1) is 11.8. The van der Waals surface area contributed by atoms with E-state index in [-0.39, 0.29) is 18.4 Å². The van der Waals surface area contributed by atoms with Crippen molar-refractivity contribution in [3.05, 3.63) is 29.8 Å². The summed E-state index contributed by atoms with van der Waals surface area (Å²) in [5, 5.41) is 2.84. The second kappa shape index (κ2) is 8.64. The van der Waals surface area contributed by atoms with E-state index >= 15 is 0 Å². The standard InChI is InChI=1S/C17H27N3O4S/c1-14-6-4-8-16(12-14)24-11-9-18-17(21)15-7-5-10-20(13-15)25(22,23)19(2)3/h4,6,8,12,15H,5,7,9-11,13H2,1-3H3,(H,18,21). The lowest BCUT2D eigenvalue weighted by Crippen LogP contribution is -2.49. The Morgan fingerprint density at radius 3 is 2.84 bits per heavy atom. The number of nitrogens with one attached hydrogen (secondary N) is 1. The van der Waals surface area contributed by atoms with Gasteiger partial charge in [0.1, 0.15) is 12.4 Å². The fraction of sp³-hybridized carbons (Fsp3) is 0.588. The first-order valence-corrected chi connectivity index (χ1v) is 9.85. The number of nitrogens with zero attached hydrogens (tertiary/aromatic N) is 2. The number of hydrogen-bond donors (Lipinski definition) is 1. The summed E-state index contributed by atoms with van der Waals surface area (Å²) in [5.74, 6) is 0.337. The Kier molecular flexibility index (Phi) is 6.80. The number of amides is 1. The van der Waals surface area contributed by atoms with Gasteiger partial charge in [-0.3, -0.25) is 4.79 Å². The van der Waals surface area contributed by atoms with Crippen LogP contribution in [0.4, 0.5) is 0 Å². The first kappa shape index (κ1) is 19.7. The van der Waals surface area contributed by atoms with Crippen LogP contribution in [0, 0.1) is 12.8 Å². The first-order valence-electron chi connectivity index (χ1n) is 8.45. The molecule has 0 aromatic heterocycles. The summed E-state index contributed by atoms with van der Waals surface area (Å²) in [6, 6.07) is 7.73. The Hall–Kier alpha value is -1.64. The highest BCUT2D eigenvalue weighted by Gasteiger charge is 2.33. The molecule has 0 aliphatic carbocycles. The second-order valence-electron chi connectivity index (χ2n) is 6.44. The predicted octanol–water partition coefficient (Wildman–Crippen LogP) is 1.01.